The van der Waals surface area contributed by atoms with Crippen LogP contribution in [0.15, 0.2) is 24.3 Å². The molecule has 0 spiro atoms. The lowest BCUT2D eigenvalue weighted by Gasteiger charge is -2.34. The van der Waals surface area contributed by atoms with Gasteiger partial charge >= 0.3 is 5.97 Å². The lowest BCUT2D eigenvalue weighted by atomic mass is 9.78. The maximum atomic E-state index is 12.1. The van der Waals surface area contributed by atoms with Crippen molar-refractivity contribution in [2.24, 2.45) is 11.8 Å². The summed E-state index contributed by atoms with van der Waals surface area (Å²) in [7, 11) is 3.08. The van der Waals surface area contributed by atoms with Gasteiger partial charge in [-0.25, -0.2) is 4.79 Å². The van der Waals surface area contributed by atoms with E-state index >= 15 is 0 Å². The fraction of sp³-hybridized carbons (Fsp3) is 0.524. The van der Waals surface area contributed by atoms with Crippen molar-refractivity contribution in [3.63, 3.8) is 0 Å². The van der Waals surface area contributed by atoms with E-state index in [-0.39, 0.29) is 18.6 Å². The lowest BCUT2D eigenvalue weighted by Crippen LogP contribution is -2.45. The number of carbonyl (C=O) groups excluding carboxylic acids is 2. The first-order valence-electron chi connectivity index (χ1n) is 9.31. The summed E-state index contributed by atoms with van der Waals surface area (Å²) in [6.45, 7) is 4.09. The van der Waals surface area contributed by atoms with E-state index < -0.39 is 5.97 Å². The first-order valence-corrected chi connectivity index (χ1v) is 9.31. The van der Waals surface area contributed by atoms with Crippen LogP contribution in [0.2, 0.25) is 0 Å². The van der Waals surface area contributed by atoms with Crippen molar-refractivity contribution in [1.82, 2.24) is 5.32 Å². The number of carbonyl (C=O) groups is 2. The molecule has 2 rings (SSSR count). The molecule has 27 heavy (non-hydrogen) atoms. The van der Waals surface area contributed by atoms with Gasteiger partial charge in [-0.2, -0.15) is 0 Å². The van der Waals surface area contributed by atoms with Crippen LogP contribution < -0.4 is 14.8 Å². The van der Waals surface area contributed by atoms with Gasteiger partial charge in [0.15, 0.2) is 18.1 Å². The second kappa shape index (κ2) is 10.00. The van der Waals surface area contributed by atoms with E-state index in [1.807, 2.05) is 0 Å². The number of benzene rings is 1. The molecule has 0 aromatic heterocycles. The van der Waals surface area contributed by atoms with E-state index in [9.17, 15) is 9.59 Å². The third-order valence-corrected chi connectivity index (χ3v) is 5.23. The summed E-state index contributed by atoms with van der Waals surface area (Å²) in [5.41, 5.74) is 0.684. The predicted octanol–water partition coefficient (Wildman–Crippen LogP) is 3.20. The standard InChI is InChI=1S/C21H29NO5/c1-14-7-5-9-17(15(14)2)22-19(23)13-27-20(24)12-11-16-8-6-10-18(25-3)21(16)26-4/h6,8,10-12,14-15,17H,5,7,9,13H2,1-4H3,(H,22,23)/b12-11+/t14-,15+,17-/m1/s1. The fourth-order valence-corrected chi connectivity index (χ4v) is 3.42. The van der Waals surface area contributed by atoms with Gasteiger partial charge in [0.2, 0.25) is 0 Å². The summed E-state index contributed by atoms with van der Waals surface area (Å²) in [5, 5.41) is 2.98. The third kappa shape index (κ3) is 5.74. The summed E-state index contributed by atoms with van der Waals surface area (Å²) in [6.07, 6.45) is 6.13. The monoisotopic (exact) mass is 375 g/mol. The highest BCUT2D eigenvalue weighted by Gasteiger charge is 2.28. The van der Waals surface area contributed by atoms with Crippen LogP contribution in [0, 0.1) is 11.8 Å². The number of para-hydroxylation sites is 1. The number of ether oxygens (including phenoxy) is 3. The van der Waals surface area contributed by atoms with Crippen molar-refractivity contribution in [2.75, 3.05) is 20.8 Å². The lowest BCUT2D eigenvalue weighted by molar-refractivity contribution is -0.144. The van der Waals surface area contributed by atoms with Gasteiger partial charge in [0.25, 0.3) is 5.91 Å². The molecular formula is C21H29NO5. The van der Waals surface area contributed by atoms with Gasteiger partial charge in [-0.1, -0.05) is 38.8 Å². The highest BCUT2D eigenvalue weighted by molar-refractivity contribution is 5.90. The zero-order chi connectivity index (χ0) is 19.8. The number of hydrogen-bond donors (Lipinski definition) is 1. The minimum atomic E-state index is -0.583. The quantitative estimate of drug-likeness (QED) is 0.585. The Labute approximate surface area is 160 Å². The van der Waals surface area contributed by atoms with Gasteiger partial charge in [0.05, 0.1) is 14.2 Å². The molecule has 3 atom stereocenters. The van der Waals surface area contributed by atoms with Crippen molar-refractivity contribution >= 4 is 18.0 Å². The first-order chi connectivity index (χ1) is 13.0. The summed E-state index contributed by atoms with van der Waals surface area (Å²) < 4.78 is 15.6. The Kier molecular flexibility index (Phi) is 7.70. The summed E-state index contributed by atoms with van der Waals surface area (Å²) in [4.78, 5) is 24.0. The Bertz CT molecular complexity index is 685. The normalized spacial score (nSPS) is 22.3. The molecule has 0 saturated heterocycles. The van der Waals surface area contributed by atoms with Crippen LogP contribution in [0.4, 0.5) is 0 Å². The number of nitrogens with one attached hydrogen (secondary N) is 1. The molecule has 1 aromatic carbocycles. The van der Waals surface area contributed by atoms with Crippen LogP contribution in [0.3, 0.4) is 0 Å². The average molecular weight is 375 g/mol. The van der Waals surface area contributed by atoms with Crippen molar-refractivity contribution < 1.29 is 23.8 Å². The average Bonchev–Trinajstić information content (AvgIpc) is 2.67. The van der Waals surface area contributed by atoms with Crippen LogP contribution in [0.25, 0.3) is 6.08 Å². The summed E-state index contributed by atoms with van der Waals surface area (Å²) >= 11 is 0. The zero-order valence-electron chi connectivity index (χ0n) is 16.5. The van der Waals surface area contributed by atoms with Crippen LogP contribution in [-0.2, 0) is 14.3 Å². The molecule has 1 N–H and O–H groups in total. The Balaban J connectivity index is 1.85. The Hall–Kier alpha value is -2.50. The van der Waals surface area contributed by atoms with Crippen molar-refractivity contribution in [1.29, 1.82) is 0 Å². The molecule has 148 valence electrons. The molecule has 6 heteroatoms. The molecule has 1 amide bonds. The van der Waals surface area contributed by atoms with E-state index in [0.717, 1.165) is 12.8 Å². The van der Waals surface area contributed by atoms with Crippen molar-refractivity contribution in [3.05, 3.63) is 29.8 Å². The minimum Gasteiger partial charge on any atom is -0.493 e. The molecule has 1 fully saturated rings. The molecule has 0 unspecified atom stereocenters. The molecule has 6 nitrogen and oxygen atoms in total. The van der Waals surface area contributed by atoms with E-state index in [4.69, 9.17) is 14.2 Å². The SMILES string of the molecule is COc1cccc(/C=C/C(=O)OCC(=O)N[C@@H]2CCC[C@@H](C)[C@@H]2C)c1OC. The first kappa shape index (κ1) is 20.8. The van der Waals surface area contributed by atoms with Gasteiger partial charge in [-0.05, 0) is 30.4 Å². The summed E-state index contributed by atoms with van der Waals surface area (Å²) in [5.74, 6) is 1.28. The molecule has 0 bridgehead atoms. The molecule has 1 aliphatic rings. The third-order valence-electron chi connectivity index (χ3n) is 5.23. The number of amides is 1. The number of rotatable bonds is 7. The highest BCUT2D eigenvalue weighted by atomic mass is 16.5. The molecule has 1 saturated carbocycles. The highest BCUT2D eigenvalue weighted by Crippen LogP contribution is 2.31. The second-order valence-electron chi connectivity index (χ2n) is 6.97. The van der Waals surface area contributed by atoms with Gasteiger partial charge in [0.1, 0.15) is 0 Å². The summed E-state index contributed by atoms with van der Waals surface area (Å²) in [6, 6.07) is 5.51. The molecule has 0 radical (unpaired) electrons. The molecule has 1 aromatic rings. The minimum absolute atomic E-state index is 0.150. The van der Waals surface area contributed by atoms with E-state index in [2.05, 4.69) is 19.2 Å². The van der Waals surface area contributed by atoms with Crippen LogP contribution in [-0.4, -0.2) is 38.7 Å². The zero-order valence-corrected chi connectivity index (χ0v) is 16.5. The number of hydrogen-bond acceptors (Lipinski definition) is 5. The van der Waals surface area contributed by atoms with E-state index in [1.54, 1.807) is 31.4 Å². The van der Waals surface area contributed by atoms with Crippen molar-refractivity contribution in [3.8, 4) is 11.5 Å². The Morgan fingerprint density at radius 3 is 2.67 bits per heavy atom. The molecule has 1 aliphatic carbocycles. The van der Waals surface area contributed by atoms with Crippen LogP contribution in [0.5, 0.6) is 11.5 Å². The topological polar surface area (TPSA) is 73.9 Å². The second-order valence-corrected chi connectivity index (χ2v) is 6.97. The van der Waals surface area contributed by atoms with Gasteiger partial charge in [-0.15, -0.1) is 0 Å². The Morgan fingerprint density at radius 1 is 1.19 bits per heavy atom. The Morgan fingerprint density at radius 2 is 1.96 bits per heavy atom. The van der Waals surface area contributed by atoms with Gasteiger partial charge in [-0.3, -0.25) is 4.79 Å². The van der Waals surface area contributed by atoms with Gasteiger partial charge in [0, 0.05) is 17.7 Å². The van der Waals surface area contributed by atoms with E-state index in [1.165, 1.54) is 19.6 Å². The fourth-order valence-electron chi connectivity index (χ4n) is 3.42. The molecule has 0 aliphatic heterocycles. The predicted molar refractivity (Wildman–Crippen MR) is 104 cm³/mol. The van der Waals surface area contributed by atoms with Crippen LogP contribution in [0.1, 0.15) is 38.7 Å². The van der Waals surface area contributed by atoms with Gasteiger partial charge < -0.3 is 19.5 Å². The number of esters is 1. The number of methoxy groups -OCH3 is 2. The maximum absolute atomic E-state index is 12.1. The molecule has 0 heterocycles. The van der Waals surface area contributed by atoms with Crippen molar-refractivity contribution in [2.45, 2.75) is 39.2 Å². The van der Waals surface area contributed by atoms with Crippen LogP contribution >= 0.6 is 0 Å². The largest absolute Gasteiger partial charge is 0.493 e. The molecular weight excluding hydrogens is 346 g/mol. The smallest absolute Gasteiger partial charge is 0.331 e. The van der Waals surface area contributed by atoms with E-state index in [0.29, 0.717) is 28.9 Å². The maximum Gasteiger partial charge on any atom is 0.331 e.